The molecule has 0 aromatic heterocycles. The fourth-order valence-corrected chi connectivity index (χ4v) is 2.22. The Morgan fingerprint density at radius 1 is 1.32 bits per heavy atom. The average molecular weight is 283 g/mol. The highest BCUT2D eigenvalue weighted by Gasteiger charge is 2.28. The van der Waals surface area contributed by atoms with Crippen molar-refractivity contribution < 1.29 is 14.7 Å². The second kappa shape index (κ2) is 5.93. The highest BCUT2D eigenvalue weighted by Crippen LogP contribution is 2.18. The Kier molecular flexibility index (Phi) is 4.27. The van der Waals surface area contributed by atoms with E-state index < -0.39 is 11.9 Å². The molecule has 1 aromatic carbocycles. The minimum Gasteiger partial charge on any atom is -0.481 e. The number of hydrogen-bond donors (Lipinski definition) is 2. The van der Waals surface area contributed by atoms with Crippen molar-refractivity contribution in [3.05, 3.63) is 29.3 Å². The van der Waals surface area contributed by atoms with Crippen LogP contribution in [0.1, 0.15) is 12.8 Å². The number of nitrogens with one attached hydrogen (secondary N) is 1. The maximum absolute atomic E-state index is 12.0. The second-order valence-electron chi connectivity index (χ2n) is 4.56. The zero-order valence-electron chi connectivity index (χ0n) is 10.3. The van der Waals surface area contributed by atoms with Gasteiger partial charge in [-0.3, -0.25) is 4.79 Å². The van der Waals surface area contributed by atoms with Crippen LogP contribution in [0, 0.1) is 5.92 Å². The lowest BCUT2D eigenvalue weighted by Gasteiger charge is -2.30. The van der Waals surface area contributed by atoms with Crippen molar-refractivity contribution in [3.63, 3.8) is 0 Å². The van der Waals surface area contributed by atoms with Crippen molar-refractivity contribution >= 4 is 29.3 Å². The van der Waals surface area contributed by atoms with Gasteiger partial charge in [0.1, 0.15) is 0 Å². The summed E-state index contributed by atoms with van der Waals surface area (Å²) < 4.78 is 0. The van der Waals surface area contributed by atoms with Crippen molar-refractivity contribution in [2.24, 2.45) is 5.92 Å². The fraction of sp³-hybridized carbons (Fsp3) is 0.385. The van der Waals surface area contributed by atoms with Gasteiger partial charge in [0, 0.05) is 23.8 Å². The maximum atomic E-state index is 12.0. The van der Waals surface area contributed by atoms with Gasteiger partial charge in [0.25, 0.3) is 0 Å². The Balaban J connectivity index is 1.96. The van der Waals surface area contributed by atoms with Gasteiger partial charge in [0.2, 0.25) is 0 Å². The molecule has 1 aromatic rings. The number of piperidine rings is 1. The van der Waals surface area contributed by atoms with Gasteiger partial charge in [0.15, 0.2) is 0 Å². The summed E-state index contributed by atoms with van der Waals surface area (Å²) in [7, 11) is 0. The van der Waals surface area contributed by atoms with E-state index in [1.54, 1.807) is 24.3 Å². The number of carboxylic acids is 1. The molecule has 0 spiro atoms. The van der Waals surface area contributed by atoms with Gasteiger partial charge < -0.3 is 15.3 Å². The molecule has 1 aliphatic rings. The summed E-state index contributed by atoms with van der Waals surface area (Å²) in [6, 6.07) is 6.52. The van der Waals surface area contributed by atoms with Gasteiger partial charge in [-0.15, -0.1) is 0 Å². The second-order valence-corrected chi connectivity index (χ2v) is 5.00. The van der Waals surface area contributed by atoms with E-state index in [4.69, 9.17) is 16.7 Å². The van der Waals surface area contributed by atoms with Crippen LogP contribution in [0.5, 0.6) is 0 Å². The van der Waals surface area contributed by atoms with Crippen LogP contribution in [0.4, 0.5) is 10.5 Å². The molecule has 0 aliphatic carbocycles. The normalized spacial score (nSPS) is 19.0. The van der Waals surface area contributed by atoms with Crippen LogP contribution in [-0.4, -0.2) is 35.1 Å². The zero-order valence-corrected chi connectivity index (χ0v) is 11.1. The van der Waals surface area contributed by atoms with Gasteiger partial charge in [-0.2, -0.15) is 0 Å². The number of likely N-dealkylation sites (tertiary alicyclic amines) is 1. The first-order valence-corrected chi connectivity index (χ1v) is 6.48. The van der Waals surface area contributed by atoms with Crippen LogP contribution in [0.15, 0.2) is 24.3 Å². The molecule has 0 radical (unpaired) electrons. The van der Waals surface area contributed by atoms with Crippen LogP contribution < -0.4 is 5.32 Å². The lowest BCUT2D eigenvalue weighted by atomic mass is 9.99. The van der Waals surface area contributed by atoms with E-state index in [0.29, 0.717) is 30.1 Å². The third-order valence-electron chi connectivity index (χ3n) is 3.15. The van der Waals surface area contributed by atoms with E-state index >= 15 is 0 Å². The summed E-state index contributed by atoms with van der Waals surface area (Å²) in [6.45, 7) is 0.845. The van der Waals surface area contributed by atoms with Crippen molar-refractivity contribution in [1.29, 1.82) is 0 Å². The third kappa shape index (κ3) is 3.61. The van der Waals surface area contributed by atoms with E-state index in [1.807, 2.05) is 0 Å². The highest BCUT2D eigenvalue weighted by atomic mass is 35.5. The standard InChI is InChI=1S/C13H15ClN2O3/c14-10-3-5-11(6-4-10)15-13(19)16-7-1-2-9(8-16)12(17)18/h3-6,9H,1-2,7-8H2,(H,15,19)(H,17,18)/t9-/m0/s1. The van der Waals surface area contributed by atoms with Crippen molar-refractivity contribution in [2.75, 3.05) is 18.4 Å². The number of anilines is 1. The number of aliphatic carboxylic acids is 1. The number of halogens is 1. The van der Waals surface area contributed by atoms with Crippen LogP contribution in [-0.2, 0) is 4.79 Å². The average Bonchev–Trinajstić information content (AvgIpc) is 2.41. The Morgan fingerprint density at radius 2 is 2.00 bits per heavy atom. The van der Waals surface area contributed by atoms with Crippen LogP contribution in [0.25, 0.3) is 0 Å². The number of benzene rings is 1. The van der Waals surface area contributed by atoms with Gasteiger partial charge in [-0.1, -0.05) is 11.6 Å². The Hall–Kier alpha value is -1.75. The Morgan fingerprint density at radius 3 is 2.63 bits per heavy atom. The molecule has 1 fully saturated rings. The molecule has 1 aliphatic heterocycles. The van der Waals surface area contributed by atoms with Crippen molar-refractivity contribution in [1.82, 2.24) is 4.90 Å². The molecule has 1 saturated heterocycles. The van der Waals surface area contributed by atoms with Crippen LogP contribution in [0.3, 0.4) is 0 Å². The molecule has 0 saturated carbocycles. The molecule has 102 valence electrons. The van der Waals surface area contributed by atoms with Crippen LogP contribution >= 0.6 is 11.6 Å². The molecule has 5 nitrogen and oxygen atoms in total. The first-order chi connectivity index (χ1) is 9.06. The monoisotopic (exact) mass is 282 g/mol. The summed E-state index contributed by atoms with van der Waals surface area (Å²) in [5, 5.41) is 12.3. The largest absolute Gasteiger partial charge is 0.481 e. The highest BCUT2D eigenvalue weighted by molar-refractivity contribution is 6.30. The summed E-state index contributed by atoms with van der Waals surface area (Å²) in [6.07, 6.45) is 1.34. The quantitative estimate of drug-likeness (QED) is 0.876. The number of carbonyl (C=O) groups excluding carboxylic acids is 1. The summed E-state index contributed by atoms with van der Waals surface area (Å²) >= 11 is 5.76. The summed E-state index contributed by atoms with van der Waals surface area (Å²) in [5.74, 6) is -1.31. The molecular weight excluding hydrogens is 268 g/mol. The van der Waals surface area contributed by atoms with Crippen molar-refractivity contribution in [2.45, 2.75) is 12.8 Å². The maximum Gasteiger partial charge on any atom is 0.321 e. The molecule has 2 rings (SSSR count). The number of nitrogens with zero attached hydrogens (tertiary/aromatic N) is 1. The number of carboxylic acid groups (broad SMARTS) is 1. The molecule has 2 N–H and O–H groups in total. The van der Waals surface area contributed by atoms with Gasteiger partial charge in [-0.25, -0.2) is 4.79 Å². The Bertz CT molecular complexity index is 475. The summed E-state index contributed by atoms with van der Waals surface area (Å²) in [5.41, 5.74) is 0.645. The SMILES string of the molecule is O=C(O)[C@H]1CCCN(C(=O)Nc2ccc(Cl)cc2)C1. The number of rotatable bonds is 2. The number of hydrogen-bond acceptors (Lipinski definition) is 2. The number of carbonyl (C=O) groups is 2. The van der Waals surface area contributed by atoms with Crippen LogP contribution in [0.2, 0.25) is 5.02 Å². The third-order valence-corrected chi connectivity index (χ3v) is 3.41. The predicted molar refractivity (Wildman–Crippen MR) is 72.4 cm³/mol. The molecule has 0 unspecified atom stereocenters. The minimum atomic E-state index is -0.844. The Labute approximate surface area is 116 Å². The minimum absolute atomic E-state index is 0.259. The predicted octanol–water partition coefficient (Wildman–Crippen LogP) is 2.67. The molecule has 6 heteroatoms. The van der Waals surface area contributed by atoms with Gasteiger partial charge >= 0.3 is 12.0 Å². The van der Waals surface area contributed by atoms with E-state index in [1.165, 1.54) is 4.90 Å². The molecule has 0 bridgehead atoms. The van der Waals surface area contributed by atoms with Crippen molar-refractivity contribution in [3.8, 4) is 0 Å². The van der Waals surface area contributed by atoms with E-state index in [0.717, 1.165) is 0 Å². The van der Waals surface area contributed by atoms with E-state index in [2.05, 4.69) is 5.32 Å². The molecule has 19 heavy (non-hydrogen) atoms. The first kappa shape index (κ1) is 13.7. The number of urea groups is 1. The molecular formula is C13H15ClN2O3. The fourth-order valence-electron chi connectivity index (χ4n) is 2.10. The van der Waals surface area contributed by atoms with Gasteiger partial charge in [0.05, 0.1) is 5.92 Å². The zero-order chi connectivity index (χ0) is 13.8. The first-order valence-electron chi connectivity index (χ1n) is 6.10. The lowest BCUT2D eigenvalue weighted by Crippen LogP contribution is -2.44. The molecule has 2 amide bonds. The molecule has 1 atom stereocenters. The lowest BCUT2D eigenvalue weighted by molar-refractivity contribution is -0.143. The molecule has 1 heterocycles. The van der Waals surface area contributed by atoms with E-state index in [9.17, 15) is 9.59 Å². The summed E-state index contributed by atoms with van der Waals surface area (Å²) in [4.78, 5) is 24.5. The number of amides is 2. The van der Waals surface area contributed by atoms with Gasteiger partial charge in [-0.05, 0) is 37.1 Å². The smallest absolute Gasteiger partial charge is 0.321 e. The topological polar surface area (TPSA) is 69.6 Å². The van der Waals surface area contributed by atoms with E-state index in [-0.39, 0.29) is 12.6 Å².